The first-order chi connectivity index (χ1) is 12.5. The van der Waals surface area contributed by atoms with Gasteiger partial charge >= 0.3 is 6.09 Å². The van der Waals surface area contributed by atoms with Crippen molar-refractivity contribution in [2.24, 2.45) is 0 Å². The summed E-state index contributed by atoms with van der Waals surface area (Å²) >= 11 is 0. The number of morpholine rings is 1. The maximum atomic E-state index is 12.9. The Bertz CT molecular complexity index is 853. The molecule has 1 N–H and O–H groups in total. The molecule has 1 unspecified atom stereocenters. The highest BCUT2D eigenvalue weighted by atomic mass is 32.2. The Balaban J connectivity index is 1.76. The number of methoxy groups -OCH3 is 1. The molecule has 1 saturated heterocycles. The molecular weight excluding hydrogens is 356 g/mol. The van der Waals surface area contributed by atoms with Crippen molar-refractivity contribution in [3.05, 3.63) is 60.2 Å². The van der Waals surface area contributed by atoms with Gasteiger partial charge in [-0.3, -0.25) is 5.32 Å². The zero-order chi connectivity index (χ0) is 18.6. The molecule has 2 aromatic carbocycles. The lowest BCUT2D eigenvalue weighted by Crippen LogP contribution is -2.42. The lowest BCUT2D eigenvalue weighted by atomic mass is 10.1. The van der Waals surface area contributed by atoms with Crippen LogP contribution < -0.4 is 5.32 Å². The molecule has 7 nitrogen and oxygen atoms in total. The number of hydrogen-bond donors (Lipinski definition) is 1. The Hall–Kier alpha value is -2.42. The molecule has 1 fully saturated rings. The summed E-state index contributed by atoms with van der Waals surface area (Å²) in [6.45, 7) is 0.892. The molecule has 0 aliphatic carbocycles. The van der Waals surface area contributed by atoms with Crippen molar-refractivity contribution in [1.82, 2.24) is 4.31 Å². The minimum atomic E-state index is -3.64. The standard InChI is InChI=1S/C18H20N2O5S/c1-24-18(21)19-15-7-9-16(10-8-15)26(22,23)20-11-12-25-17(13-20)14-5-3-2-4-6-14/h2-10,17H,11-13H2,1H3,(H,19,21). The minimum absolute atomic E-state index is 0.168. The molecule has 0 radical (unpaired) electrons. The zero-order valence-corrected chi connectivity index (χ0v) is 15.1. The largest absolute Gasteiger partial charge is 0.453 e. The van der Waals surface area contributed by atoms with Gasteiger partial charge in [0.2, 0.25) is 10.0 Å². The van der Waals surface area contributed by atoms with Crippen LogP contribution >= 0.6 is 0 Å². The third-order valence-corrected chi connectivity index (χ3v) is 6.00. The molecule has 1 aliphatic rings. The van der Waals surface area contributed by atoms with Crippen molar-refractivity contribution in [2.75, 3.05) is 32.1 Å². The maximum absolute atomic E-state index is 12.9. The van der Waals surface area contributed by atoms with Gasteiger partial charge in [0.05, 0.1) is 24.7 Å². The molecular formula is C18H20N2O5S. The summed E-state index contributed by atoms with van der Waals surface area (Å²) in [4.78, 5) is 11.4. The number of sulfonamides is 1. The molecule has 1 heterocycles. The number of ether oxygens (including phenoxy) is 2. The van der Waals surface area contributed by atoms with Crippen molar-refractivity contribution < 1.29 is 22.7 Å². The van der Waals surface area contributed by atoms with E-state index in [9.17, 15) is 13.2 Å². The molecule has 0 saturated carbocycles. The third kappa shape index (κ3) is 4.04. The number of carbonyl (C=O) groups is 1. The van der Waals surface area contributed by atoms with Gasteiger partial charge in [-0.1, -0.05) is 30.3 Å². The lowest BCUT2D eigenvalue weighted by Gasteiger charge is -2.32. The highest BCUT2D eigenvalue weighted by molar-refractivity contribution is 7.89. The van der Waals surface area contributed by atoms with Crippen LogP contribution in [0.15, 0.2) is 59.5 Å². The van der Waals surface area contributed by atoms with Crippen LogP contribution in [0.4, 0.5) is 10.5 Å². The van der Waals surface area contributed by atoms with Gasteiger partial charge in [0.25, 0.3) is 0 Å². The molecule has 138 valence electrons. The third-order valence-electron chi connectivity index (χ3n) is 4.12. The number of anilines is 1. The number of benzene rings is 2. The summed E-state index contributed by atoms with van der Waals surface area (Å²) in [5, 5.41) is 2.49. The van der Waals surface area contributed by atoms with Gasteiger partial charge in [-0.05, 0) is 29.8 Å². The monoisotopic (exact) mass is 376 g/mol. The molecule has 1 amide bonds. The number of carbonyl (C=O) groups excluding carboxylic acids is 1. The Morgan fingerprint density at radius 3 is 2.50 bits per heavy atom. The smallest absolute Gasteiger partial charge is 0.411 e. The Labute approximate surface area is 152 Å². The summed E-state index contributed by atoms with van der Waals surface area (Å²) in [6.07, 6.45) is -0.903. The molecule has 8 heteroatoms. The summed E-state index contributed by atoms with van der Waals surface area (Å²) < 4.78 is 37.5. The summed E-state index contributed by atoms with van der Waals surface area (Å²) in [6, 6.07) is 15.5. The molecule has 0 spiro atoms. The lowest BCUT2D eigenvalue weighted by molar-refractivity contribution is -0.00255. The molecule has 0 aromatic heterocycles. The van der Waals surface area contributed by atoms with Crippen LogP contribution in [0.3, 0.4) is 0 Å². The van der Waals surface area contributed by atoms with Gasteiger partial charge in [0.1, 0.15) is 0 Å². The molecule has 1 atom stereocenters. The van der Waals surface area contributed by atoms with E-state index >= 15 is 0 Å². The number of nitrogens with zero attached hydrogens (tertiary/aromatic N) is 1. The van der Waals surface area contributed by atoms with Crippen LogP contribution in [0.25, 0.3) is 0 Å². The van der Waals surface area contributed by atoms with Crippen molar-refractivity contribution in [3.63, 3.8) is 0 Å². The van der Waals surface area contributed by atoms with E-state index in [-0.39, 0.29) is 17.5 Å². The van der Waals surface area contributed by atoms with Crippen LogP contribution in [0.1, 0.15) is 11.7 Å². The molecule has 26 heavy (non-hydrogen) atoms. The van der Waals surface area contributed by atoms with Gasteiger partial charge in [-0.25, -0.2) is 13.2 Å². The zero-order valence-electron chi connectivity index (χ0n) is 14.3. The molecule has 1 aliphatic heterocycles. The first kappa shape index (κ1) is 18.4. The predicted octanol–water partition coefficient (Wildman–Crippen LogP) is 2.63. The van der Waals surface area contributed by atoms with E-state index in [0.717, 1.165) is 5.56 Å². The fraction of sp³-hybridized carbons (Fsp3) is 0.278. The first-order valence-corrected chi connectivity index (χ1v) is 9.56. The predicted molar refractivity (Wildman–Crippen MR) is 96.4 cm³/mol. The van der Waals surface area contributed by atoms with Crippen molar-refractivity contribution >= 4 is 21.8 Å². The maximum Gasteiger partial charge on any atom is 0.411 e. The average molecular weight is 376 g/mol. The van der Waals surface area contributed by atoms with Gasteiger partial charge in [0, 0.05) is 18.8 Å². The van der Waals surface area contributed by atoms with E-state index in [1.807, 2.05) is 30.3 Å². The van der Waals surface area contributed by atoms with Crippen LogP contribution in [0.2, 0.25) is 0 Å². The van der Waals surface area contributed by atoms with Crippen molar-refractivity contribution in [3.8, 4) is 0 Å². The van der Waals surface area contributed by atoms with Gasteiger partial charge in [-0.2, -0.15) is 4.31 Å². The molecule has 2 aromatic rings. The number of rotatable bonds is 4. The quantitative estimate of drug-likeness (QED) is 0.887. The fourth-order valence-corrected chi connectivity index (χ4v) is 4.17. The van der Waals surface area contributed by atoms with Gasteiger partial charge in [0.15, 0.2) is 0 Å². The summed E-state index contributed by atoms with van der Waals surface area (Å²) in [5.41, 5.74) is 1.41. The van der Waals surface area contributed by atoms with E-state index in [0.29, 0.717) is 18.8 Å². The van der Waals surface area contributed by atoms with Gasteiger partial charge < -0.3 is 9.47 Å². The first-order valence-electron chi connectivity index (χ1n) is 8.12. The van der Waals surface area contributed by atoms with Crippen LogP contribution in [-0.4, -0.2) is 45.6 Å². The number of hydrogen-bond acceptors (Lipinski definition) is 5. The fourth-order valence-electron chi connectivity index (χ4n) is 2.74. The topological polar surface area (TPSA) is 84.9 Å². The van der Waals surface area contributed by atoms with E-state index < -0.39 is 16.1 Å². The minimum Gasteiger partial charge on any atom is -0.453 e. The number of amides is 1. The summed E-state index contributed by atoms with van der Waals surface area (Å²) in [5.74, 6) is 0. The Kier molecular flexibility index (Phi) is 5.55. The highest BCUT2D eigenvalue weighted by Crippen LogP contribution is 2.27. The van der Waals surface area contributed by atoms with E-state index in [4.69, 9.17) is 4.74 Å². The average Bonchev–Trinajstić information content (AvgIpc) is 2.69. The van der Waals surface area contributed by atoms with Gasteiger partial charge in [-0.15, -0.1) is 0 Å². The second-order valence-electron chi connectivity index (χ2n) is 5.77. The Morgan fingerprint density at radius 1 is 1.15 bits per heavy atom. The van der Waals surface area contributed by atoms with E-state index in [2.05, 4.69) is 10.1 Å². The van der Waals surface area contributed by atoms with Crippen molar-refractivity contribution in [1.29, 1.82) is 0 Å². The molecule has 0 bridgehead atoms. The van der Waals surface area contributed by atoms with Crippen LogP contribution in [0.5, 0.6) is 0 Å². The SMILES string of the molecule is COC(=O)Nc1ccc(S(=O)(=O)N2CCOC(c3ccccc3)C2)cc1. The molecule has 3 rings (SSSR count). The van der Waals surface area contributed by atoms with E-state index in [1.54, 1.807) is 0 Å². The van der Waals surface area contributed by atoms with Crippen LogP contribution in [0, 0.1) is 0 Å². The van der Waals surface area contributed by atoms with E-state index in [1.165, 1.54) is 35.7 Å². The number of nitrogens with one attached hydrogen (secondary N) is 1. The highest BCUT2D eigenvalue weighted by Gasteiger charge is 2.31. The van der Waals surface area contributed by atoms with Crippen LogP contribution in [-0.2, 0) is 19.5 Å². The second kappa shape index (κ2) is 7.86. The Morgan fingerprint density at radius 2 is 1.85 bits per heavy atom. The summed E-state index contributed by atoms with van der Waals surface area (Å²) in [7, 11) is -2.38. The van der Waals surface area contributed by atoms with Crippen molar-refractivity contribution in [2.45, 2.75) is 11.0 Å². The second-order valence-corrected chi connectivity index (χ2v) is 7.71. The normalized spacial score (nSPS) is 18.3.